The summed E-state index contributed by atoms with van der Waals surface area (Å²) in [5, 5.41) is 5.85. The number of fused-ring (bicyclic) bond motifs is 1. The summed E-state index contributed by atoms with van der Waals surface area (Å²) in [7, 11) is 0. The molecule has 2 atom stereocenters. The number of anilines is 2. The highest BCUT2D eigenvalue weighted by molar-refractivity contribution is 6.34. The molecule has 8 heteroatoms. The molecular formula is C16H21Cl2N3O3. The number of benzene rings is 1. The van der Waals surface area contributed by atoms with Crippen molar-refractivity contribution in [3.8, 4) is 5.75 Å². The number of amides is 2. The third-order valence-electron chi connectivity index (χ3n) is 4.39. The zero-order valence-electron chi connectivity index (χ0n) is 13.1. The first-order valence-electron chi connectivity index (χ1n) is 7.84. The largest absolute Gasteiger partial charge is 0.482 e. The second kappa shape index (κ2) is 8.05. The van der Waals surface area contributed by atoms with Crippen molar-refractivity contribution in [2.75, 3.05) is 17.2 Å². The average Bonchev–Trinajstić information content (AvgIpc) is 2.50. The molecular weight excluding hydrogens is 353 g/mol. The van der Waals surface area contributed by atoms with E-state index in [-0.39, 0.29) is 42.8 Å². The second-order valence-corrected chi connectivity index (χ2v) is 6.53. The summed E-state index contributed by atoms with van der Waals surface area (Å²) in [6, 6.07) is 3.30. The molecule has 0 aromatic heterocycles. The van der Waals surface area contributed by atoms with E-state index < -0.39 is 0 Å². The van der Waals surface area contributed by atoms with Crippen molar-refractivity contribution in [3.63, 3.8) is 0 Å². The maximum atomic E-state index is 12.3. The van der Waals surface area contributed by atoms with E-state index in [1.54, 1.807) is 12.1 Å². The molecule has 1 aliphatic carbocycles. The van der Waals surface area contributed by atoms with Gasteiger partial charge in [0.1, 0.15) is 5.75 Å². The van der Waals surface area contributed by atoms with Gasteiger partial charge in [-0.05, 0) is 24.8 Å². The average molecular weight is 374 g/mol. The van der Waals surface area contributed by atoms with Crippen LogP contribution in [0.4, 0.5) is 11.4 Å². The Labute approximate surface area is 151 Å². The Morgan fingerprint density at radius 2 is 2.12 bits per heavy atom. The molecule has 1 aromatic carbocycles. The van der Waals surface area contributed by atoms with Crippen LogP contribution in [0, 0.1) is 5.92 Å². The zero-order chi connectivity index (χ0) is 16.4. The topological polar surface area (TPSA) is 93.5 Å². The van der Waals surface area contributed by atoms with Crippen LogP contribution in [0.3, 0.4) is 0 Å². The van der Waals surface area contributed by atoms with Crippen molar-refractivity contribution in [1.82, 2.24) is 0 Å². The number of carbonyl (C=O) groups is 2. The van der Waals surface area contributed by atoms with Gasteiger partial charge in [-0.15, -0.1) is 12.4 Å². The first-order valence-corrected chi connectivity index (χ1v) is 8.22. The number of halogens is 2. The van der Waals surface area contributed by atoms with Crippen molar-refractivity contribution >= 4 is 47.2 Å². The summed E-state index contributed by atoms with van der Waals surface area (Å²) in [5.74, 6) is 0.389. The minimum atomic E-state index is -0.225. The van der Waals surface area contributed by atoms with Gasteiger partial charge in [0.2, 0.25) is 5.91 Å². The van der Waals surface area contributed by atoms with Crippen molar-refractivity contribution in [1.29, 1.82) is 0 Å². The van der Waals surface area contributed by atoms with E-state index in [1.807, 2.05) is 0 Å². The lowest BCUT2D eigenvalue weighted by Crippen LogP contribution is -2.35. The lowest BCUT2D eigenvalue weighted by molar-refractivity contribution is -0.119. The normalized spacial score (nSPS) is 22.5. The molecule has 3 rings (SSSR count). The standard InChI is InChI=1S/C16H20ClN3O3.ClH/c17-10-6-13-14(23-8-16(22)20-13)7-12(10)19-15(21)5-9-3-1-2-4-11(9)18;/h6-7,9,11H,1-5,8,18H2,(H,19,21)(H,20,22);1H. The number of ether oxygens (including phenoxy) is 1. The Morgan fingerprint density at radius 3 is 2.88 bits per heavy atom. The first-order chi connectivity index (χ1) is 11.0. The van der Waals surface area contributed by atoms with Gasteiger partial charge in [-0.25, -0.2) is 0 Å². The number of carbonyl (C=O) groups excluding carboxylic acids is 2. The Balaban J connectivity index is 0.00000208. The molecule has 132 valence electrons. The summed E-state index contributed by atoms with van der Waals surface area (Å²) >= 11 is 6.18. The molecule has 4 N–H and O–H groups in total. The van der Waals surface area contributed by atoms with Gasteiger partial charge in [0, 0.05) is 18.5 Å². The molecule has 2 aliphatic rings. The molecule has 1 saturated carbocycles. The fourth-order valence-corrected chi connectivity index (χ4v) is 3.34. The Kier molecular flexibility index (Phi) is 6.32. The molecule has 1 heterocycles. The SMILES string of the molecule is Cl.NC1CCCCC1CC(=O)Nc1cc2c(cc1Cl)NC(=O)CO2. The Bertz CT molecular complexity index is 639. The van der Waals surface area contributed by atoms with Crippen molar-refractivity contribution < 1.29 is 14.3 Å². The fourth-order valence-electron chi connectivity index (χ4n) is 3.13. The van der Waals surface area contributed by atoms with E-state index in [0.717, 1.165) is 25.7 Å². The van der Waals surface area contributed by atoms with Crippen LogP contribution >= 0.6 is 24.0 Å². The minimum absolute atomic E-state index is 0. The van der Waals surface area contributed by atoms with Crippen LogP contribution in [0.25, 0.3) is 0 Å². The lowest BCUT2D eigenvalue weighted by atomic mass is 9.83. The van der Waals surface area contributed by atoms with Crippen LogP contribution in [0.1, 0.15) is 32.1 Å². The van der Waals surface area contributed by atoms with E-state index >= 15 is 0 Å². The monoisotopic (exact) mass is 373 g/mol. The lowest BCUT2D eigenvalue weighted by Gasteiger charge is -2.28. The molecule has 24 heavy (non-hydrogen) atoms. The molecule has 1 aromatic rings. The number of hydrogen-bond donors (Lipinski definition) is 3. The van der Waals surface area contributed by atoms with E-state index in [9.17, 15) is 9.59 Å². The second-order valence-electron chi connectivity index (χ2n) is 6.13. The third kappa shape index (κ3) is 4.32. The quantitative estimate of drug-likeness (QED) is 0.758. The molecule has 0 radical (unpaired) electrons. The molecule has 6 nitrogen and oxygen atoms in total. The molecule has 2 amide bonds. The molecule has 1 fully saturated rings. The predicted molar refractivity (Wildman–Crippen MR) is 96.0 cm³/mol. The van der Waals surface area contributed by atoms with Crippen LogP contribution in [0.2, 0.25) is 5.02 Å². The van der Waals surface area contributed by atoms with Gasteiger partial charge >= 0.3 is 0 Å². The van der Waals surface area contributed by atoms with Crippen LogP contribution in [-0.2, 0) is 9.59 Å². The molecule has 2 unspecified atom stereocenters. The summed E-state index contributed by atoms with van der Waals surface area (Å²) < 4.78 is 5.34. The van der Waals surface area contributed by atoms with Gasteiger partial charge in [0.05, 0.1) is 16.4 Å². The summed E-state index contributed by atoms with van der Waals surface area (Å²) in [4.78, 5) is 23.6. The number of hydrogen-bond acceptors (Lipinski definition) is 4. The van der Waals surface area contributed by atoms with E-state index in [2.05, 4.69) is 10.6 Å². The van der Waals surface area contributed by atoms with Crippen LogP contribution < -0.4 is 21.1 Å². The van der Waals surface area contributed by atoms with Crippen LogP contribution in [-0.4, -0.2) is 24.5 Å². The van der Waals surface area contributed by atoms with Gasteiger partial charge in [0.25, 0.3) is 5.91 Å². The highest BCUT2D eigenvalue weighted by atomic mass is 35.5. The zero-order valence-corrected chi connectivity index (χ0v) is 14.7. The van der Waals surface area contributed by atoms with Crippen molar-refractivity contribution in [2.24, 2.45) is 11.7 Å². The third-order valence-corrected chi connectivity index (χ3v) is 4.70. The molecule has 0 saturated heterocycles. The van der Waals surface area contributed by atoms with Crippen molar-refractivity contribution in [2.45, 2.75) is 38.1 Å². The highest BCUT2D eigenvalue weighted by Crippen LogP contribution is 2.36. The number of nitrogens with one attached hydrogen (secondary N) is 2. The van der Waals surface area contributed by atoms with Crippen LogP contribution in [0.5, 0.6) is 5.75 Å². The molecule has 0 spiro atoms. The summed E-state index contributed by atoms with van der Waals surface area (Å²) in [6.07, 6.45) is 4.62. The maximum absolute atomic E-state index is 12.3. The predicted octanol–water partition coefficient (Wildman–Crippen LogP) is 2.94. The molecule has 0 bridgehead atoms. The fraction of sp³-hybridized carbons (Fsp3) is 0.500. The van der Waals surface area contributed by atoms with Crippen LogP contribution in [0.15, 0.2) is 12.1 Å². The minimum Gasteiger partial charge on any atom is -0.482 e. The van der Waals surface area contributed by atoms with Crippen molar-refractivity contribution in [3.05, 3.63) is 17.2 Å². The van der Waals surface area contributed by atoms with Gasteiger partial charge in [-0.2, -0.15) is 0 Å². The number of nitrogens with two attached hydrogens (primary N) is 1. The first kappa shape index (κ1) is 18.8. The molecule has 1 aliphatic heterocycles. The number of rotatable bonds is 3. The maximum Gasteiger partial charge on any atom is 0.262 e. The smallest absolute Gasteiger partial charge is 0.262 e. The van der Waals surface area contributed by atoms with Gasteiger partial charge in [-0.1, -0.05) is 24.4 Å². The highest BCUT2D eigenvalue weighted by Gasteiger charge is 2.25. The van der Waals surface area contributed by atoms with Gasteiger partial charge in [0.15, 0.2) is 6.61 Å². The van der Waals surface area contributed by atoms with Gasteiger partial charge < -0.3 is 21.1 Å². The van der Waals surface area contributed by atoms with E-state index in [0.29, 0.717) is 28.6 Å². The Morgan fingerprint density at radius 1 is 1.38 bits per heavy atom. The van der Waals surface area contributed by atoms with E-state index in [4.69, 9.17) is 22.1 Å². The van der Waals surface area contributed by atoms with Gasteiger partial charge in [-0.3, -0.25) is 9.59 Å². The summed E-state index contributed by atoms with van der Waals surface area (Å²) in [6.45, 7) is -0.0427. The van der Waals surface area contributed by atoms with E-state index in [1.165, 1.54) is 0 Å². The summed E-state index contributed by atoms with van der Waals surface area (Å²) in [5.41, 5.74) is 7.08. The Hall–Kier alpha value is -1.50.